The average molecular weight is 187 g/mol. The van der Waals surface area contributed by atoms with E-state index < -0.39 is 6.04 Å². The molecular formula is C7H13N3O3. The van der Waals surface area contributed by atoms with E-state index >= 15 is 0 Å². The quantitative estimate of drug-likeness (QED) is 0.371. The van der Waals surface area contributed by atoms with Crippen LogP contribution in [0.3, 0.4) is 0 Å². The first-order valence-corrected chi connectivity index (χ1v) is 3.74. The molecule has 0 saturated carbocycles. The summed E-state index contributed by atoms with van der Waals surface area (Å²) < 4.78 is 0. The third-order valence-corrected chi connectivity index (χ3v) is 1.50. The summed E-state index contributed by atoms with van der Waals surface area (Å²) in [5, 5.41) is 14.0. The number of Topliss-reactive ketones (excluding diaryl/α,β-unsaturated/α-hetero) is 1. The molecule has 0 aliphatic rings. The zero-order chi connectivity index (χ0) is 10.4. The van der Waals surface area contributed by atoms with Crippen LogP contribution < -0.4 is 5.32 Å². The average Bonchev–Trinajstić information content (AvgIpc) is 2.11. The number of carbonyl (C=O) groups is 1. The largest absolute Gasteiger partial charge is 0.385 e. The number of rotatable bonds is 5. The second-order valence-electron chi connectivity index (χ2n) is 2.53. The van der Waals surface area contributed by atoms with Gasteiger partial charge in [0, 0.05) is 14.0 Å². The summed E-state index contributed by atoms with van der Waals surface area (Å²) in [7, 11) is 1.58. The van der Waals surface area contributed by atoms with Gasteiger partial charge in [-0.25, -0.2) is 0 Å². The molecule has 0 aliphatic heterocycles. The molecule has 0 aromatic heterocycles. The number of carbonyl (C=O) groups excluding carboxylic acids is 1. The minimum absolute atomic E-state index is 0.173. The van der Waals surface area contributed by atoms with E-state index in [0.29, 0.717) is 5.70 Å². The van der Waals surface area contributed by atoms with Crippen LogP contribution in [0.5, 0.6) is 0 Å². The van der Waals surface area contributed by atoms with E-state index in [1.54, 1.807) is 7.05 Å². The summed E-state index contributed by atoms with van der Waals surface area (Å²) in [5.41, 5.74) is 0.329. The summed E-state index contributed by atoms with van der Waals surface area (Å²) in [6.45, 7) is 2.91. The van der Waals surface area contributed by atoms with Gasteiger partial charge < -0.3 is 5.32 Å². The molecular weight excluding hydrogens is 174 g/mol. The van der Waals surface area contributed by atoms with E-state index in [-0.39, 0.29) is 11.0 Å². The van der Waals surface area contributed by atoms with Crippen molar-refractivity contribution in [1.82, 2.24) is 10.5 Å². The second-order valence-corrected chi connectivity index (χ2v) is 2.53. The van der Waals surface area contributed by atoms with Gasteiger partial charge in [-0.15, -0.1) is 10.1 Å². The molecule has 0 fully saturated rings. The molecule has 6 heteroatoms. The van der Waals surface area contributed by atoms with Crippen molar-refractivity contribution in [3.63, 3.8) is 0 Å². The maximum atomic E-state index is 10.9. The summed E-state index contributed by atoms with van der Waals surface area (Å²) in [4.78, 5) is 20.8. The van der Waals surface area contributed by atoms with Crippen molar-refractivity contribution in [1.29, 1.82) is 0 Å². The first-order valence-electron chi connectivity index (χ1n) is 3.74. The Labute approximate surface area is 76.1 Å². The lowest BCUT2D eigenvalue weighted by atomic mass is 10.2. The summed E-state index contributed by atoms with van der Waals surface area (Å²) >= 11 is 0. The van der Waals surface area contributed by atoms with Crippen molar-refractivity contribution in [2.75, 3.05) is 7.05 Å². The first-order chi connectivity index (χ1) is 6.02. The lowest BCUT2D eigenvalue weighted by Crippen LogP contribution is -2.25. The highest BCUT2D eigenvalue weighted by molar-refractivity contribution is 5.92. The van der Waals surface area contributed by atoms with Crippen LogP contribution in [-0.4, -0.2) is 29.3 Å². The van der Waals surface area contributed by atoms with Gasteiger partial charge in [-0.3, -0.25) is 10.0 Å². The molecule has 74 valence electrons. The molecule has 0 bridgehead atoms. The number of ketones is 1. The highest BCUT2D eigenvalue weighted by atomic mass is 16.6. The number of nitrogens with zero attached hydrogens (tertiary/aromatic N) is 2. The lowest BCUT2D eigenvalue weighted by molar-refractivity contribution is -0.115. The van der Waals surface area contributed by atoms with Gasteiger partial charge in [-0.2, -0.15) is 0 Å². The van der Waals surface area contributed by atoms with Crippen molar-refractivity contribution in [2.45, 2.75) is 19.9 Å². The molecule has 0 aliphatic carbocycles. The topological polar surface area (TPSA) is 82.0 Å². The fourth-order valence-corrected chi connectivity index (χ4v) is 0.759. The Morgan fingerprint density at radius 3 is 2.54 bits per heavy atom. The molecule has 0 aromatic carbocycles. The number of allylic oxidation sites excluding steroid dienone is 1. The van der Waals surface area contributed by atoms with Gasteiger partial charge in [0.05, 0.1) is 17.0 Å². The lowest BCUT2D eigenvalue weighted by Gasteiger charge is -2.13. The summed E-state index contributed by atoms with van der Waals surface area (Å²) in [6, 6.07) is -0.635. The number of nitrogens with one attached hydrogen (secondary N) is 1. The smallest absolute Gasteiger partial charge is 0.175 e. The normalized spacial score (nSPS) is 13.4. The Hall–Kier alpha value is -1.43. The Morgan fingerprint density at radius 1 is 1.69 bits per heavy atom. The summed E-state index contributed by atoms with van der Waals surface area (Å²) in [5.74, 6) is -0.173. The van der Waals surface area contributed by atoms with Crippen LogP contribution in [0, 0.1) is 4.91 Å². The molecule has 0 heterocycles. The number of hydroxylamine groups is 1. The third-order valence-electron chi connectivity index (χ3n) is 1.50. The highest BCUT2D eigenvalue weighted by Crippen LogP contribution is 2.01. The van der Waals surface area contributed by atoms with E-state index in [0.717, 1.165) is 0 Å². The first kappa shape index (κ1) is 11.6. The fraction of sp³-hybridized carbons (Fsp3) is 0.571. The number of hydrogen-bond donors (Lipinski definition) is 2. The summed E-state index contributed by atoms with van der Waals surface area (Å²) in [6.07, 6.45) is 1.41. The Morgan fingerprint density at radius 2 is 2.23 bits per heavy atom. The minimum atomic E-state index is -0.635. The second kappa shape index (κ2) is 5.26. The molecule has 1 unspecified atom stereocenters. The zero-order valence-corrected chi connectivity index (χ0v) is 7.81. The van der Waals surface area contributed by atoms with E-state index in [1.165, 1.54) is 19.9 Å². The van der Waals surface area contributed by atoms with Crippen LogP contribution in [0.2, 0.25) is 0 Å². The van der Waals surface area contributed by atoms with Gasteiger partial charge in [0.25, 0.3) is 0 Å². The van der Waals surface area contributed by atoms with E-state index in [2.05, 4.69) is 10.6 Å². The van der Waals surface area contributed by atoms with E-state index in [9.17, 15) is 9.70 Å². The number of likely N-dealkylation sites (N-methyl/N-ethyl adjacent to an activating group) is 1. The molecule has 0 amide bonds. The van der Waals surface area contributed by atoms with Gasteiger partial charge in [0.15, 0.2) is 5.78 Å². The van der Waals surface area contributed by atoms with Crippen molar-refractivity contribution in [3.8, 4) is 0 Å². The molecule has 0 aromatic rings. The predicted molar refractivity (Wildman–Crippen MR) is 46.7 cm³/mol. The van der Waals surface area contributed by atoms with Crippen LogP contribution >= 0.6 is 0 Å². The van der Waals surface area contributed by atoms with Crippen molar-refractivity contribution in [3.05, 3.63) is 16.7 Å². The third kappa shape index (κ3) is 3.66. The van der Waals surface area contributed by atoms with E-state index in [4.69, 9.17) is 5.21 Å². The van der Waals surface area contributed by atoms with Crippen LogP contribution in [-0.2, 0) is 4.79 Å². The number of hydrogen-bond acceptors (Lipinski definition) is 5. The molecule has 0 rings (SSSR count). The maximum absolute atomic E-state index is 10.9. The van der Waals surface area contributed by atoms with Gasteiger partial charge in [0.1, 0.15) is 0 Å². The van der Waals surface area contributed by atoms with Crippen LogP contribution in [0.4, 0.5) is 0 Å². The van der Waals surface area contributed by atoms with Crippen LogP contribution in [0.25, 0.3) is 0 Å². The van der Waals surface area contributed by atoms with Gasteiger partial charge in [-0.05, 0) is 13.0 Å². The number of nitroso groups, excluding NO2 is 1. The molecule has 0 spiro atoms. The van der Waals surface area contributed by atoms with Gasteiger partial charge in [-0.1, -0.05) is 0 Å². The molecule has 6 nitrogen and oxygen atoms in total. The molecule has 0 saturated heterocycles. The standard InChI is InChI=1S/C7H13N3O3/c1-5(10(13)9-12)4-7(8-3)6(2)11/h4-5,8,13H,1-3H3/b7-4+. The Bertz CT molecular complexity index is 227. The van der Waals surface area contributed by atoms with Gasteiger partial charge >= 0.3 is 0 Å². The molecule has 0 radical (unpaired) electrons. The van der Waals surface area contributed by atoms with Crippen molar-refractivity contribution >= 4 is 5.78 Å². The monoisotopic (exact) mass is 187 g/mol. The zero-order valence-electron chi connectivity index (χ0n) is 7.81. The van der Waals surface area contributed by atoms with Crippen molar-refractivity contribution < 1.29 is 10.0 Å². The van der Waals surface area contributed by atoms with Crippen LogP contribution in [0.1, 0.15) is 13.8 Å². The van der Waals surface area contributed by atoms with Crippen LogP contribution in [0.15, 0.2) is 17.1 Å². The SMILES string of the molecule is CN/C(=C/C(C)N(O)N=O)C(C)=O. The molecule has 2 N–H and O–H groups in total. The van der Waals surface area contributed by atoms with E-state index in [1.807, 2.05) is 0 Å². The highest BCUT2D eigenvalue weighted by Gasteiger charge is 2.10. The molecule has 13 heavy (non-hydrogen) atoms. The minimum Gasteiger partial charge on any atom is -0.385 e. The fourth-order valence-electron chi connectivity index (χ4n) is 0.759. The Balaban J connectivity index is 4.50. The van der Waals surface area contributed by atoms with Gasteiger partial charge in [0.2, 0.25) is 0 Å². The molecule has 1 atom stereocenters. The maximum Gasteiger partial charge on any atom is 0.175 e. The van der Waals surface area contributed by atoms with Crippen molar-refractivity contribution in [2.24, 2.45) is 5.29 Å². The Kier molecular flexibility index (Phi) is 4.68. The predicted octanol–water partition coefficient (Wildman–Crippen LogP) is 0.440.